The molecule has 1 saturated heterocycles. The number of hydrogen-bond acceptors (Lipinski definition) is 3. The fourth-order valence-corrected chi connectivity index (χ4v) is 2.89. The monoisotopic (exact) mass is 311 g/mol. The first-order chi connectivity index (χ1) is 9.95. The summed E-state index contributed by atoms with van der Waals surface area (Å²) in [6, 6.07) is 9.59. The zero-order chi connectivity index (χ0) is 15.5. The number of carbonyl (C=O) groups is 1. The first-order valence-corrected chi connectivity index (χ1v) is 7.58. The van der Waals surface area contributed by atoms with Gasteiger partial charge in [-0.05, 0) is 25.8 Å². The molecule has 1 heterocycles. The van der Waals surface area contributed by atoms with Crippen molar-refractivity contribution < 1.29 is 14.6 Å². The molecule has 5 heteroatoms. The number of ether oxygens (including phenoxy) is 1. The van der Waals surface area contributed by atoms with Gasteiger partial charge in [0.25, 0.3) is 5.91 Å². The highest BCUT2D eigenvalue weighted by Crippen LogP contribution is 2.36. The van der Waals surface area contributed by atoms with Crippen molar-refractivity contribution in [2.45, 2.75) is 43.9 Å². The van der Waals surface area contributed by atoms with E-state index in [1.807, 2.05) is 44.2 Å². The van der Waals surface area contributed by atoms with E-state index in [2.05, 4.69) is 0 Å². The summed E-state index contributed by atoms with van der Waals surface area (Å²) in [6.07, 6.45) is 0.0528. The summed E-state index contributed by atoms with van der Waals surface area (Å²) in [7, 11) is 0. The number of halogens is 1. The zero-order valence-corrected chi connectivity index (χ0v) is 13.2. The molecule has 1 aliphatic heterocycles. The number of likely N-dealkylation sites (tertiary alicyclic amines) is 1. The van der Waals surface area contributed by atoms with Crippen LogP contribution >= 0.6 is 11.6 Å². The smallest absolute Gasteiger partial charge is 0.254 e. The molecule has 4 nitrogen and oxygen atoms in total. The summed E-state index contributed by atoms with van der Waals surface area (Å²) >= 11 is 6.41. The molecule has 0 spiro atoms. The van der Waals surface area contributed by atoms with Gasteiger partial charge in [-0.1, -0.05) is 30.3 Å². The molecule has 2 atom stereocenters. The topological polar surface area (TPSA) is 49.8 Å². The summed E-state index contributed by atoms with van der Waals surface area (Å²) in [5.74, 6) is -0.0434. The number of aliphatic hydroxyl groups is 1. The predicted molar refractivity (Wildman–Crippen MR) is 82.2 cm³/mol. The lowest BCUT2D eigenvalue weighted by atomic mass is 9.87. The van der Waals surface area contributed by atoms with Gasteiger partial charge in [-0.2, -0.15) is 0 Å². The number of alkyl halides is 1. The van der Waals surface area contributed by atoms with Crippen LogP contribution in [-0.2, 0) is 16.1 Å². The lowest BCUT2D eigenvalue weighted by Crippen LogP contribution is -2.71. The SMILES string of the molecule is CC(C)(Cl)[C@@H]1[C@H](OCc2ccccc2)C(=O)N1CCCO. The number of β-lactam (4-membered cyclic amide) rings is 1. The van der Waals surface area contributed by atoms with Crippen molar-refractivity contribution in [2.75, 3.05) is 13.2 Å². The molecule has 0 radical (unpaired) electrons. The maximum absolute atomic E-state index is 12.2. The summed E-state index contributed by atoms with van der Waals surface area (Å²) in [5, 5.41) is 8.93. The second-order valence-corrected chi connectivity index (χ2v) is 6.81. The van der Waals surface area contributed by atoms with E-state index >= 15 is 0 Å². The van der Waals surface area contributed by atoms with Crippen molar-refractivity contribution in [3.63, 3.8) is 0 Å². The number of amides is 1. The number of rotatable bonds is 7. The van der Waals surface area contributed by atoms with E-state index in [0.29, 0.717) is 19.6 Å². The maximum atomic E-state index is 12.2. The lowest BCUT2D eigenvalue weighted by molar-refractivity contribution is -0.179. The highest BCUT2D eigenvalue weighted by Gasteiger charge is 2.54. The third-order valence-corrected chi connectivity index (χ3v) is 3.91. The summed E-state index contributed by atoms with van der Waals surface area (Å²) < 4.78 is 5.79. The van der Waals surface area contributed by atoms with Gasteiger partial charge in [-0.25, -0.2) is 0 Å². The Morgan fingerprint density at radius 2 is 2.00 bits per heavy atom. The number of benzene rings is 1. The second-order valence-electron chi connectivity index (χ2n) is 5.84. The average Bonchev–Trinajstić information content (AvgIpc) is 2.44. The Hall–Kier alpha value is -1.10. The standard InChI is InChI=1S/C16H22ClNO3/c1-16(2,17)14-13(15(20)18(14)9-6-10-19)21-11-12-7-4-3-5-8-12/h3-5,7-8,13-14,19H,6,9-11H2,1-2H3/t13-,14-/m0/s1. The predicted octanol–water partition coefficient (Wildman–Crippen LogP) is 2.18. The van der Waals surface area contributed by atoms with E-state index in [1.54, 1.807) is 4.90 Å². The minimum atomic E-state index is -0.565. The number of aliphatic hydroxyl groups excluding tert-OH is 1. The molecule has 1 aromatic rings. The van der Waals surface area contributed by atoms with Crippen molar-refractivity contribution >= 4 is 17.5 Å². The normalized spacial score (nSPS) is 22.3. The first kappa shape index (κ1) is 16.3. The van der Waals surface area contributed by atoms with E-state index in [4.69, 9.17) is 21.4 Å². The van der Waals surface area contributed by atoms with Crippen LogP contribution in [-0.4, -0.2) is 46.1 Å². The number of carbonyl (C=O) groups excluding carboxylic acids is 1. The lowest BCUT2D eigenvalue weighted by Gasteiger charge is -2.51. The van der Waals surface area contributed by atoms with Gasteiger partial charge in [-0.3, -0.25) is 4.79 Å². The van der Waals surface area contributed by atoms with Crippen molar-refractivity contribution in [2.24, 2.45) is 0 Å². The Morgan fingerprint density at radius 1 is 1.33 bits per heavy atom. The van der Waals surface area contributed by atoms with Crippen molar-refractivity contribution in [1.82, 2.24) is 4.90 Å². The number of nitrogens with zero attached hydrogens (tertiary/aromatic N) is 1. The molecule has 0 aromatic heterocycles. The minimum Gasteiger partial charge on any atom is -0.396 e. The van der Waals surface area contributed by atoms with Crippen LogP contribution in [0.5, 0.6) is 0 Å². The van der Waals surface area contributed by atoms with Gasteiger partial charge >= 0.3 is 0 Å². The Labute approximate surface area is 130 Å². The Kier molecular flexibility index (Phi) is 5.25. The van der Waals surface area contributed by atoms with E-state index in [9.17, 15) is 4.79 Å². The van der Waals surface area contributed by atoms with E-state index in [1.165, 1.54) is 0 Å². The van der Waals surface area contributed by atoms with Gasteiger partial charge < -0.3 is 14.7 Å². The third kappa shape index (κ3) is 3.76. The van der Waals surface area contributed by atoms with Crippen molar-refractivity contribution in [3.8, 4) is 0 Å². The molecule has 116 valence electrons. The zero-order valence-electron chi connectivity index (χ0n) is 12.5. The average molecular weight is 312 g/mol. The maximum Gasteiger partial charge on any atom is 0.254 e. The van der Waals surface area contributed by atoms with E-state index in [0.717, 1.165) is 5.56 Å². The van der Waals surface area contributed by atoms with Crippen LogP contribution in [0.1, 0.15) is 25.8 Å². The first-order valence-electron chi connectivity index (χ1n) is 7.21. The summed E-state index contributed by atoms with van der Waals surface area (Å²) in [4.78, 5) is 13.3. The molecular weight excluding hydrogens is 290 g/mol. The molecule has 0 unspecified atom stereocenters. The van der Waals surface area contributed by atoms with Gasteiger partial charge in [0.2, 0.25) is 0 Å². The fraction of sp³-hybridized carbons (Fsp3) is 0.562. The summed E-state index contributed by atoms with van der Waals surface area (Å²) in [6.45, 7) is 4.75. The van der Waals surface area contributed by atoms with Crippen LogP contribution in [0.25, 0.3) is 0 Å². The molecule has 1 aromatic carbocycles. The molecule has 1 N–H and O–H groups in total. The van der Waals surface area contributed by atoms with E-state index < -0.39 is 11.0 Å². The minimum absolute atomic E-state index is 0.0434. The largest absolute Gasteiger partial charge is 0.396 e. The molecule has 0 bridgehead atoms. The molecule has 0 aliphatic carbocycles. The third-order valence-electron chi connectivity index (χ3n) is 3.68. The molecule has 1 aliphatic rings. The molecule has 0 saturated carbocycles. The van der Waals surface area contributed by atoms with Gasteiger partial charge in [0.15, 0.2) is 6.10 Å². The van der Waals surface area contributed by atoms with Gasteiger partial charge in [0.05, 0.1) is 17.5 Å². The highest BCUT2D eigenvalue weighted by atomic mass is 35.5. The molecule has 2 rings (SSSR count). The van der Waals surface area contributed by atoms with Gasteiger partial charge in [0, 0.05) is 13.2 Å². The fourth-order valence-electron chi connectivity index (χ4n) is 2.66. The van der Waals surface area contributed by atoms with Crippen molar-refractivity contribution in [1.29, 1.82) is 0 Å². The van der Waals surface area contributed by atoms with Crippen LogP contribution in [0.15, 0.2) is 30.3 Å². The van der Waals surface area contributed by atoms with Gasteiger partial charge in [-0.15, -0.1) is 11.6 Å². The Bertz CT molecular complexity index is 472. The Balaban J connectivity index is 1.99. The Morgan fingerprint density at radius 3 is 2.57 bits per heavy atom. The second kappa shape index (κ2) is 6.77. The number of hydrogen-bond donors (Lipinski definition) is 1. The van der Waals surface area contributed by atoms with Crippen LogP contribution in [0.2, 0.25) is 0 Å². The molecule has 1 amide bonds. The van der Waals surface area contributed by atoms with Gasteiger partial charge in [0.1, 0.15) is 0 Å². The summed E-state index contributed by atoms with van der Waals surface area (Å²) in [5.41, 5.74) is 1.03. The molecular formula is C16H22ClNO3. The molecule has 21 heavy (non-hydrogen) atoms. The van der Waals surface area contributed by atoms with Crippen LogP contribution in [0.3, 0.4) is 0 Å². The van der Waals surface area contributed by atoms with Crippen LogP contribution < -0.4 is 0 Å². The quantitative estimate of drug-likeness (QED) is 0.620. The highest BCUT2D eigenvalue weighted by molar-refractivity contribution is 6.24. The van der Waals surface area contributed by atoms with Crippen LogP contribution in [0.4, 0.5) is 0 Å². The molecule has 1 fully saturated rings. The van der Waals surface area contributed by atoms with Crippen LogP contribution in [0, 0.1) is 0 Å². The van der Waals surface area contributed by atoms with E-state index in [-0.39, 0.29) is 18.6 Å². The van der Waals surface area contributed by atoms with Crippen molar-refractivity contribution in [3.05, 3.63) is 35.9 Å².